The van der Waals surface area contributed by atoms with Crippen LogP contribution in [0.2, 0.25) is 0 Å². The van der Waals surface area contributed by atoms with Gasteiger partial charge in [-0.05, 0) is 25.7 Å². The maximum absolute atomic E-state index is 2.54. The smallest absolute Gasteiger partial charge is 0.0168 e. The quantitative estimate of drug-likeness (QED) is 0.592. The van der Waals surface area contributed by atoms with Crippen molar-refractivity contribution in [1.82, 2.24) is 4.90 Å². The molecular weight excluding hydrogens is 158 g/mol. The van der Waals surface area contributed by atoms with Crippen LogP contribution in [-0.4, -0.2) is 24.0 Å². The monoisotopic (exact) mass is 181 g/mol. The molecule has 0 saturated carbocycles. The van der Waals surface area contributed by atoms with Gasteiger partial charge >= 0.3 is 0 Å². The molecule has 0 aliphatic carbocycles. The van der Waals surface area contributed by atoms with Crippen molar-refractivity contribution >= 4 is 0 Å². The lowest BCUT2D eigenvalue weighted by molar-refractivity contribution is 0.206. The Morgan fingerprint density at radius 1 is 1.31 bits per heavy atom. The highest BCUT2D eigenvalue weighted by Gasteiger charge is 2.21. The Kier molecular flexibility index (Phi) is 3.55. The standard InChI is InChI=1S/C12H23N/c1-9(2)12-6-7-13(10(3)4)8-11(12)5/h6,9-11H,7-8H2,1-5H3. The molecule has 1 aliphatic heterocycles. The lowest BCUT2D eigenvalue weighted by Gasteiger charge is -2.35. The molecule has 13 heavy (non-hydrogen) atoms. The maximum Gasteiger partial charge on any atom is 0.0168 e. The van der Waals surface area contributed by atoms with Crippen LogP contribution in [0.25, 0.3) is 0 Å². The average Bonchev–Trinajstić information content (AvgIpc) is 2.03. The molecule has 0 amide bonds. The van der Waals surface area contributed by atoms with Gasteiger partial charge in [-0.3, -0.25) is 4.90 Å². The third-order valence-corrected chi connectivity index (χ3v) is 3.04. The summed E-state index contributed by atoms with van der Waals surface area (Å²) in [6, 6.07) is 0.687. The lowest BCUT2D eigenvalue weighted by atomic mass is 9.88. The summed E-state index contributed by atoms with van der Waals surface area (Å²) >= 11 is 0. The minimum Gasteiger partial charge on any atom is -0.297 e. The van der Waals surface area contributed by atoms with Crippen LogP contribution in [0.5, 0.6) is 0 Å². The van der Waals surface area contributed by atoms with E-state index in [2.05, 4.69) is 45.6 Å². The molecule has 0 saturated heterocycles. The average molecular weight is 181 g/mol. The van der Waals surface area contributed by atoms with Crippen molar-refractivity contribution in [3.8, 4) is 0 Å². The first-order valence-electron chi connectivity index (χ1n) is 5.46. The van der Waals surface area contributed by atoms with Gasteiger partial charge in [0.25, 0.3) is 0 Å². The summed E-state index contributed by atoms with van der Waals surface area (Å²) in [5.41, 5.74) is 1.65. The molecule has 1 atom stereocenters. The second-order valence-electron chi connectivity index (χ2n) is 4.81. The Labute approximate surface area is 82.8 Å². The minimum absolute atomic E-state index is 0.687. The van der Waals surface area contributed by atoms with Gasteiger partial charge in [0.2, 0.25) is 0 Å². The molecule has 0 aromatic heterocycles. The number of nitrogens with zero attached hydrogens (tertiary/aromatic N) is 1. The molecule has 0 spiro atoms. The molecule has 0 aromatic rings. The second-order valence-corrected chi connectivity index (χ2v) is 4.81. The van der Waals surface area contributed by atoms with Gasteiger partial charge in [0.05, 0.1) is 0 Å². The molecule has 1 heteroatoms. The van der Waals surface area contributed by atoms with E-state index in [1.54, 1.807) is 5.57 Å². The predicted molar refractivity (Wildman–Crippen MR) is 58.8 cm³/mol. The fourth-order valence-electron chi connectivity index (χ4n) is 2.18. The topological polar surface area (TPSA) is 3.24 Å². The van der Waals surface area contributed by atoms with E-state index in [9.17, 15) is 0 Å². The highest BCUT2D eigenvalue weighted by molar-refractivity contribution is 5.13. The zero-order valence-corrected chi connectivity index (χ0v) is 9.67. The number of rotatable bonds is 2. The van der Waals surface area contributed by atoms with Crippen LogP contribution in [0.1, 0.15) is 34.6 Å². The Hall–Kier alpha value is -0.300. The Morgan fingerprint density at radius 2 is 1.92 bits per heavy atom. The Balaban J connectivity index is 2.64. The SMILES string of the molecule is CC(C)C1=CCN(C(C)C)CC1C. The van der Waals surface area contributed by atoms with Crippen molar-refractivity contribution in [3.63, 3.8) is 0 Å². The second kappa shape index (κ2) is 4.28. The molecule has 76 valence electrons. The summed E-state index contributed by atoms with van der Waals surface area (Å²) < 4.78 is 0. The third-order valence-electron chi connectivity index (χ3n) is 3.04. The van der Waals surface area contributed by atoms with Crippen LogP contribution in [0, 0.1) is 11.8 Å². The van der Waals surface area contributed by atoms with E-state index < -0.39 is 0 Å². The summed E-state index contributed by atoms with van der Waals surface area (Å²) in [5, 5.41) is 0. The van der Waals surface area contributed by atoms with Crippen LogP contribution < -0.4 is 0 Å². The zero-order chi connectivity index (χ0) is 10.0. The van der Waals surface area contributed by atoms with Gasteiger partial charge in [0, 0.05) is 19.1 Å². The van der Waals surface area contributed by atoms with Crippen LogP contribution in [0.4, 0.5) is 0 Å². The summed E-state index contributed by atoms with van der Waals surface area (Å²) in [4.78, 5) is 2.54. The van der Waals surface area contributed by atoms with E-state index in [4.69, 9.17) is 0 Å². The third kappa shape index (κ3) is 2.57. The van der Waals surface area contributed by atoms with Gasteiger partial charge < -0.3 is 0 Å². The molecular formula is C12H23N. The first kappa shape index (κ1) is 10.8. The molecule has 0 N–H and O–H groups in total. The highest BCUT2D eigenvalue weighted by atomic mass is 15.1. The van der Waals surface area contributed by atoms with Crippen molar-refractivity contribution in [2.24, 2.45) is 11.8 Å². The molecule has 0 radical (unpaired) electrons. The van der Waals surface area contributed by atoms with Gasteiger partial charge in [-0.15, -0.1) is 0 Å². The van der Waals surface area contributed by atoms with Crippen molar-refractivity contribution in [3.05, 3.63) is 11.6 Å². The summed E-state index contributed by atoms with van der Waals surface area (Å²) in [6.07, 6.45) is 2.43. The van der Waals surface area contributed by atoms with E-state index in [-0.39, 0.29) is 0 Å². The molecule has 1 unspecified atom stereocenters. The molecule has 1 nitrogen and oxygen atoms in total. The predicted octanol–water partition coefficient (Wildman–Crippen LogP) is 2.93. The number of hydrogen-bond donors (Lipinski definition) is 0. The van der Waals surface area contributed by atoms with Gasteiger partial charge in [0.1, 0.15) is 0 Å². The largest absolute Gasteiger partial charge is 0.297 e. The molecule has 1 rings (SSSR count). The Morgan fingerprint density at radius 3 is 2.31 bits per heavy atom. The van der Waals surface area contributed by atoms with Gasteiger partial charge in [-0.2, -0.15) is 0 Å². The van der Waals surface area contributed by atoms with Crippen molar-refractivity contribution < 1.29 is 0 Å². The zero-order valence-electron chi connectivity index (χ0n) is 9.67. The minimum atomic E-state index is 0.687. The summed E-state index contributed by atoms with van der Waals surface area (Å²) in [5.74, 6) is 1.47. The van der Waals surface area contributed by atoms with Crippen molar-refractivity contribution in [1.29, 1.82) is 0 Å². The molecule has 0 fully saturated rings. The fourth-order valence-corrected chi connectivity index (χ4v) is 2.18. The molecule has 1 heterocycles. The molecule has 0 bridgehead atoms. The molecule has 0 aromatic carbocycles. The van der Waals surface area contributed by atoms with Crippen molar-refractivity contribution in [2.75, 3.05) is 13.1 Å². The van der Waals surface area contributed by atoms with E-state index in [1.807, 2.05) is 0 Å². The van der Waals surface area contributed by atoms with Crippen LogP contribution in [0.15, 0.2) is 11.6 Å². The first-order valence-corrected chi connectivity index (χ1v) is 5.46. The van der Waals surface area contributed by atoms with Crippen molar-refractivity contribution in [2.45, 2.75) is 40.7 Å². The fraction of sp³-hybridized carbons (Fsp3) is 0.833. The Bertz CT molecular complexity index is 191. The van der Waals surface area contributed by atoms with Gasteiger partial charge in [-0.1, -0.05) is 32.4 Å². The van der Waals surface area contributed by atoms with Gasteiger partial charge in [-0.25, -0.2) is 0 Å². The van der Waals surface area contributed by atoms with Crippen LogP contribution in [0.3, 0.4) is 0 Å². The van der Waals surface area contributed by atoms with Crippen LogP contribution >= 0.6 is 0 Å². The summed E-state index contributed by atoms with van der Waals surface area (Å²) in [7, 11) is 0. The lowest BCUT2D eigenvalue weighted by Crippen LogP contribution is -2.39. The van der Waals surface area contributed by atoms with Crippen LogP contribution in [-0.2, 0) is 0 Å². The van der Waals surface area contributed by atoms with E-state index in [1.165, 1.54) is 6.54 Å². The van der Waals surface area contributed by atoms with Gasteiger partial charge in [0.15, 0.2) is 0 Å². The number of hydrogen-bond acceptors (Lipinski definition) is 1. The maximum atomic E-state index is 2.54. The summed E-state index contributed by atoms with van der Waals surface area (Å²) in [6.45, 7) is 13.9. The first-order chi connectivity index (χ1) is 6.02. The van der Waals surface area contributed by atoms with E-state index >= 15 is 0 Å². The highest BCUT2D eigenvalue weighted by Crippen LogP contribution is 2.25. The molecule has 1 aliphatic rings. The van der Waals surface area contributed by atoms with E-state index in [0.717, 1.165) is 18.4 Å². The normalized spacial score (nSPS) is 25.5. The van der Waals surface area contributed by atoms with E-state index in [0.29, 0.717) is 6.04 Å².